The number of thiophene rings is 1. The van der Waals surface area contributed by atoms with Gasteiger partial charge in [-0.1, -0.05) is 41.6 Å². The second kappa shape index (κ2) is 6.38. The first-order valence-electron chi connectivity index (χ1n) is 7.60. The molecule has 1 aromatic carbocycles. The van der Waals surface area contributed by atoms with Gasteiger partial charge in [0, 0.05) is 16.1 Å². The van der Waals surface area contributed by atoms with Gasteiger partial charge in [0.05, 0.1) is 10.3 Å². The summed E-state index contributed by atoms with van der Waals surface area (Å²) >= 11 is 9.21. The number of halogens is 1. The SMILES string of the molecule is C[C@@H](Sc1nnc(-c2sc3ccccc3c2Cl)o1)C(=O)NC1CC1. The van der Waals surface area contributed by atoms with Crippen molar-refractivity contribution >= 4 is 50.7 Å². The summed E-state index contributed by atoms with van der Waals surface area (Å²) in [4.78, 5) is 12.8. The van der Waals surface area contributed by atoms with E-state index in [1.165, 1.54) is 23.1 Å². The number of nitrogens with one attached hydrogen (secondary N) is 1. The van der Waals surface area contributed by atoms with Crippen LogP contribution in [-0.2, 0) is 4.79 Å². The van der Waals surface area contributed by atoms with Crippen LogP contribution >= 0.6 is 34.7 Å². The lowest BCUT2D eigenvalue weighted by atomic mass is 10.2. The number of benzene rings is 1. The van der Waals surface area contributed by atoms with Gasteiger partial charge in [0.25, 0.3) is 11.1 Å². The van der Waals surface area contributed by atoms with Gasteiger partial charge in [-0.05, 0) is 25.8 Å². The van der Waals surface area contributed by atoms with Gasteiger partial charge >= 0.3 is 0 Å². The smallest absolute Gasteiger partial charge is 0.277 e. The van der Waals surface area contributed by atoms with E-state index in [1.807, 2.05) is 31.2 Å². The second-order valence-electron chi connectivity index (χ2n) is 5.66. The van der Waals surface area contributed by atoms with E-state index in [-0.39, 0.29) is 11.2 Å². The molecule has 8 heteroatoms. The van der Waals surface area contributed by atoms with Crippen molar-refractivity contribution in [3.8, 4) is 10.8 Å². The fraction of sp³-hybridized carbons (Fsp3) is 0.312. The van der Waals surface area contributed by atoms with Crippen LogP contribution in [0.2, 0.25) is 5.02 Å². The largest absolute Gasteiger partial charge is 0.410 e. The van der Waals surface area contributed by atoms with Crippen molar-refractivity contribution in [2.24, 2.45) is 0 Å². The molecule has 124 valence electrons. The Hall–Kier alpha value is -1.57. The minimum absolute atomic E-state index is 0.00199. The highest BCUT2D eigenvalue weighted by atomic mass is 35.5. The number of carbonyl (C=O) groups is 1. The maximum atomic E-state index is 12.0. The monoisotopic (exact) mass is 379 g/mol. The Kier molecular flexibility index (Phi) is 4.24. The van der Waals surface area contributed by atoms with Crippen LogP contribution in [0.5, 0.6) is 0 Å². The first kappa shape index (κ1) is 15.9. The van der Waals surface area contributed by atoms with Crippen LogP contribution in [0.1, 0.15) is 19.8 Å². The highest BCUT2D eigenvalue weighted by Gasteiger charge is 2.27. The van der Waals surface area contributed by atoms with Crippen LogP contribution in [0, 0.1) is 0 Å². The number of thioether (sulfide) groups is 1. The lowest BCUT2D eigenvalue weighted by Gasteiger charge is -2.08. The van der Waals surface area contributed by atoms with Crippen molar-refractivity contribution in [1.29, 1.82) is 0 Å². The first-order chi connectivity index (χ1) is 11.6. The van der Waals surface area contributed by atoms with Crippen LogP contribution in [0.4, 0.5) is 0 Å². The summed E-state index contributed by atoms with van der Waals surface area (Å²) < 4.78 is 6.78. The number of nitrogens with zero attached hydrogens (tertiary/aromatic N) is 2. The van der Waals surface area contributed by atoms with Gasteiger partial charge < -0.3 is 9.73 Å². The molecular formula is C16H14ClN3O2S2. The Labute approximate surface area is 151 Å². The summed E-state index contributed by atoms with van der Waals surface area (Å²) in [6, 6.07) is 8.23. The molecule has 1 aliphatic rings. The second-order valence-corrected chi connectivity index (χ2v) is 8.38. The molecule has 0 aliphatic heterocycles. The topological polar surface area (TPSA) is 68.0 Å². The molecule has 24 heavy (non-hydrogen) atoms. The predicted octanol–water partition coefficient (Wildman–Crippen LogP) is 4.36. The molecule has 0 spiro atoms. The molecule has 2 aromatic heterocycles. The standard InChI is InChI=1S/C16H14ClN3O2S2/c1-8(14(21)18-9-6-7-9)23-16-20-19-15(22-16)13-12(17)10-4-2-3-5-11(10)24-13/h2-5,8-9H,6-7H2,1H3,(H,18,21)/t8-/m1/s1. The summed E-state index contributed by atoms with van der Waals surface area (Å²) in [5.41, 5.74) is 0. The molecule has 1 N–H and O–H groups in total. The van der Waals surface area contributed by atoms with Crippen molar-refractivity contribution in [2.75, 3.05) is 0 Å². The van der Waals surface area contributed by atoms with Crippen molar-refractivity contribution in [1.82, 2.24) is 15.5 Å². The average Bonchev–Trinajstić information content (AvgIpc) is 3.17. The average molecular weight is 380 g/mol. The highest BCUT2D eigenvalue weighted by Crippen LogP contribution is 2.42. The molecule has 2 heterocycles. The Bertz CT molecular complexity index is 904. The molecule has 1 fully saturated rings. The molecule has 1 saturated carbocycles. The van der Waals surface area contributed by atoms with E-state index in [1.54, 1.807) is 0 Å². The van der Waals surface area contributed by atoms with Gasteiger partial charge in [-0.2, -0.15) is 0 Å². The van der Waals surface area contributed by atoms with E-state index in [0.717, 1.165) is 27.8 Å². The molecule has 0 bridgehead atoms. The Balaban J connectivity index is 1.53. The number of hydrogen-bond acceptors (Lipinski definition) is 6. The van der Waals surface area contributed by atoms with Crippen LogP contribution in [0.3, 0.4) is 0 Å². The van der Waals surface area contributed by atoms with Crippen LogP contribution in [0.15, 0.2) is 33.9 Å². The van der Waals surface area contributed by atoms with Gasteiger partial charge in [0.15, 0.2) is 0 Å². The van der Waals surface area contributed by atoms with Crippen LogP contribution in [0.25, 0.3) is 20.9 Å². The zero-order chi connectivity index (χ0) is 16.7. The Morgan fingerprint density at radius 3 is 2.96 bits per heavy atom. The summed E-state index contributed by atoms with van der Waals surface area (Å²) in [5, 5.41) is 12.8. The van der Waals surface area contributed by atoms with E-state index in [9.17, 15) is 4.79 Å². The van der Waals surface area contributed by atoms with E-state index < -0.39 is 0 Å². The lowest BCUT2D eigenvalue weighted by Crippen LogP contribution is -2.32. The first-order valence-corrected chi connectivity index (χ1v) is 9.67. The number of aromatic nitrogens is 2. The minimum atomic E-state index is -0.281. The molecule has 0 radical (unpaired) electrons. The van der Waals surface area contributed by atoms with Gasteiger partial charge in [0.2, 0.25) is 5.91 Å². The maximum Gasteiger partial charge on any atom is 0.277 e. The van der Waals surface area contributed by atoms with Gasteiger partial charge in [0.1, 0.15) is 4.88 Å². The zero-order valence-corrected chi connectivity index (χ0v) is 15.2. The van der Waals surface area contributed by atoms with Crippen LogP contribution in [-0.4, -0.2) is 27.4 Å². The normalized spacial score (nSPS) is 15.6. The highest BCUT2D eigenvalue weighted by molar-refractivity contribution is 8.00. The molecule has 1 amide bonds. The third kappa shape index (κ3) is 3.16. The number of hydrogen-bond donors (Lipinski definition) is 1. The zero-order valence-electron chi connectivity index (χ0n) is 12.8. The Morgan fingerprint density at radius 1 is 1.42 bits per heavy atom. The van der Waals surface area contributed by atoms with Gasteiger partial charge in [-0.25, -0.2) is 0 Å². The van der Waals surface area contributed by atoms with Crippen molar-refractivity contribution in [3.05, 3.63) is 29.3 Å². The third-order valence-electron chi connectivity index (χ3n) is 3.71. The minimum Gasteiger partial charge on any atom is -0.410 e. The number of rotatable bonds is 5. The predicted molar refractivity (Wildman–Crippen MR) is 96.6 cm³/mol. The molecule has 0 saturated heterocycles. The third-order valence-corrected chi connectivity index (χ3v) is 6.30. The fourth-order valence-electron chi connectivity index (χ4n) is 2.25. The molecule has 1 atom stereocenters. The fourth-order valence-corrected chi connectivity index (χ4v) is 4.38. The molecule has 1 aliphatic carbocycles. The molecule has 0 unspecified atom stereocenters. The number of carbonyl (C=O) groups excluding carboxylic acids is 1. The van der Waals surface area contributed by atoms with Crippen molar-refractivity contribution in [2.45, 2.75) is 36.3 Å². The quantitative estimate of drug-likeness (QED) is 0.667. The molecular weight excluding hydrogens is 366 g/mol. The van der Waals surface area contributed by atoms with E-state index in [2.05, 4.69) is 15.5 Å². The van der Waals surface area contributed by atoms with E-state index >= 15 is 0 Å². The van der Waals surface area contributed by atoms with Gasteiger partial charge in [-0.3, -0.25) is 4.79 Å². The molecule has 4 rings (SSSR count). The summed E-state index contributed by atoms with van der Waals surface area (Å²) in [5.74, 6) is 0.389. The lowest BCUT2D eigenvalue weighted by molar-refractivity contribution is -0.120. The van der Waals surface area contributed by atoms with Crippen molar-refractivity contribution in [3.63, 3.8) is 0 Å². The molecule has 5 nitrogen and oxygen atoms in total. The van der Waals surface area contributed by atoms with Gasteiger partial charge in [-0.15, -0.1) is 21.5 Å². The summed E-state index contributed by atoms with van der Waals surface area (Å²) in [6.07, 6.45) is 2.14. The number of amides is 1. The molecule has 3 aromatic rings. The summed E-state index contributed by atoms with van der Waals surface area (Å²) in [7, 11) is 0. The summed E-state index contributed by atoms with van der Waals surface area (Å²) in [6.45, 7) is 1.83. The van der Waals surface area contributed by atoms with E-state index in [0.29, 0.717) is 22.2 Å². The van der Waals surface area contributed by atoms with Crippen LogP contribution < -0.4 is 5.32 Å². The maximum absolute atomic E-state index is 12.0. The number of fused-ring (bicyclic) bond motifs is 1. The van der Waals surface area contributed by atoms with Crippen molar-refractivity contribution < 1.29 is 9.21 Å². The van der Waals surface area contributed by atoms with E-state index in [4.69, 9.17) is 16.0 Å². The Morgan fingerprint density at radius 2 is 2.21 bits per heavy atom.